The van der Waals surface area contributed by atoms with Crippen LogP contribution >= 0.6 is 0 Å². The molecule has 0 atom stereocenters. The summed E-state index contributed by atoms with van der Waals surface area (Å²) in [6.07, 6.45) is 0. The number of amides is 2. The van der Waals surface area contributed by atoms with Crippen molar-refractivity contribution in [1.29, 1.82) is 0 Å². The fourth-order valence-corrected chi connectivity index (χ4v) is 2.05. The van der Waals surface area contributed by atoms with Gasteiger partial charge >= 0.3 is 6.03 Å². The van der Waals surface area contributed by atoms with Crippen LogP contribution in [-0.4, -0.2) is 29.9 Å². The van der Waals surface area contributed by atoms with Crippen molar-refractivity contribution >= 4 is 23.1 Å². The predicted molar refractivity (Wildman–Crippen MR) is 89.6 cm³/mol. The van der Waals surface area contributed by atoms with Gasteiger partial charge in [0.15, 0.2) is 0 Å². The van der Waals surface area contributed by atoms with Gasteiger partial charge in [-0.3, -0.25) is 10.1 Å². The topological polar surface area (TPSA) is 87.5 Å². The van der Waals surface area contributed by atoms with Crippen LogP contribution in [0.1, 0.15) is 5.56 Å². The lowest BCUT2D eigenvalue weighted by molar-refractivity contribution is -0.384. The molecule has 0 aromatic heterocycles. The third kappa shape index (κ3) is 5.08. The van der Waals surface area contributed by atoms with E-state index in [1.54, 1.807) is 6.07 Å². The van der Waals surface area contributed by atoms with Gasteiger partial charge in [0, 0.05) is 30.1 Å². The number of hydrogen-bond donors (Lipinski definition) is 2. The first kappa shape index (κ1) is 16.4. The molecule has 2 aromatic carbocycles. The summed E-state index contributed by atoms with van der Waals surface area (Å²) in [6.45, 7) is 0.820. The third-order valence-corrected chi connectivity index (χ3v) is 3.03. The van der Waals surface area contributed by atoms with E-state index in [2.05, 4.69) is 15.5 Å². The van der Waals surface area contributed by atoms with E-state index in [9.17, 15) is 14.9 Å². The summed E-state index contributed by atoms with van der Waals surface area (Å²) >= 11 is 0. The maximum absolute atomic E-state index is 11.9. The van der Waals surface area contributed by atoms with Crippen molar-refractivity contribution < 1.29 is 9.72 Å². The first-order chi connectivity index (χ1) is 10.9. The molecule has 23 heavy (non-hydrogen) atoms. The number of benzene rings is 2. The van der Waals surface area contributed by atoms with Gasteiger partial charge in [-0.2, -0.15) is 0 Å². The van der Waals surface area contributed by atoms with Gasteiger partial charge in [-0.15, -0.1) is 0 Å². The number of rotatable bonds is 5. The quantitative estimate of drug-likeness (QED) is 0.655. The molecule has 2 aromatic rings. The summed E-state index contributed by atoms with van der Waals surface area (Å²) in [5.41, 5.74) is 2.08. The molecule has 2 rings (SSSR count). The van der Waals surface area contributed by atoms with Crippen LogP contribution in [0.5, 0.6) is 0 Å². The zero-order valence-corrected chi connectivity index (χ0v) is 12.9. The van der Waals surface area contributed by atoms with Crippen LogP contribution in [0.3, 0.4) is 0 Å². The van der Waals surface area contributed by atoms with Crippen molar-refractivity contribution in [1.82, 2.24) is 4.90 Å². The molecule has 0 aliphatic heterocycles. The monoisotopic (exact) mass is 314 g/mol. The summed E-state index contributed by atoms with van der Waals surface area (Å²) in [7, 11) is 3.97. The van der Waals surface area contributed by atoms with Crippen LogP contribution in [0.25, 0.3) is 0 Å². The summed E-state index contributed by atoms with van der Waals surface area (Å²) in [5.74, 6) is 0. The maximum atomic E-state index is 11.9. The van der Waals surface area contributed by atoms with E-state index < -0.39 is 11.0 Å². The van der Waals surface area contributed by atoms with Gasteiger partial charge in [-0.1, -0.05) is 18.2 Å². The molecule has 120 valence electrons. The largest absolute Gasteiger partial charge is 0.323 e. The Morgan fingerprint density at radius 3 is 2.35 bits per heavy atom. The van der Waals surface area contributed by atoms with Crippen LogP contribution in [-0.2, 0) is 6.54 Å². The molecule has 0 bridgehead atoms. The molecule has 0 saturated carbocycles. The summed E-state index contributed by atoms with van der Waals surface area (Å²) in [5, 5.41) is 16.0. The first-order valence-electron chi connectivity index (χ1n) is 7.00. The van der Waals surface area contributed by atoms with Crippen molar-refractivity contribution in [3.63, 3.8) is 0 Å². The van der Waals surface area contributed by atoms with Crippen molar-refractivity contribution in [3.05, 3.63) is 64.2 Å². The van der Waals surface area contributed by atoms with E-state index in [-0.39, 0.29) is 5.69 Å². The van der Waals surface area contributed by atoms with Crippen LogP contribution < -0.4 is 10.6 Å². The number of nitro benzene ring substituents is 1. The Bertz CT molecular complexity index is 699. The van der Waals surface area contributed by atoms with Gasteiger partial charge in [-0.25, -0.2) is 4.79 Å². The molecule has 0 heterocycles. The normalized spacial score (nSPS) is 10.4. The average Bonchev–Trinajstić information content (AvgIpc) is 2.49. The Morgan fingerprint density at radius 2 is 1.74 bits per heavy atom. The minimum absolute atomic E-state index is 0.0733. The van der Waals surface area contributed by atoms with Gasteiger partial charge in [0.25, 0.3) is 5.69 Å². The highest BCUT2D eigenvalue weighted by Gasteiger charge is 2.08. The lowest BCUT2D eigenvalue weighted by Gasteiger charge is -2.11. The second kappa shape index (κ2) is 7.37. The molecule has 0 unspecified atom stereocenters. The Hall–Kier alpha value is -2.93. The Morgan fingerprint density at radius 1 is 1.09 bits per heavy atom. The summed E-state index contributed by atoms with van der Waals surface area (Å²) in [6, 6.07) is 12.8. The second-order valence-electron chi connectivity index (χ2n) is 5.32. The van der Waals surface area contributed by atoms with Gasteiger partial charge in [0.05, 0.1) is 4.92 Å². The summed E-state index contributed by atoms with van der Waals surface area (Å²) < 4.78 is 0. The molecule has 0 fully saturated rings. The number of nitrogens with zero attached hydrogens (tertiary/aromatic N) is 2. The number of urea groups is 1. The fourth-order valence-electron chi connectivity index (χ4n) is 2.05. The van der Waals surface area contributed by atoms with E-state index in [1.807, 2.05) is 38.4 Å². The molecule has 2 amide bonds. The molecule has 7 nitrogen and oxygen atoms in total. The van der Waals surface area contributed by atoms with E-state index in [0.29, 0.717) is 11.4 Å². The molecule has 0 aliphatic carbocycles. The van der Waals surface area contributed by atoms with E-state index in [0.717, 1.165) is 12.1 Å². The molecular weight excluding hydrogens is 296 g/mol. The number of carbonyl (C=O) groups is 1. The highest BCUT2D eigenvalue weighted by atomic mass is 16.6. The number of hydrogen-bond acceptors (Lipinski definition) is 4. The van der Waals surface area contributed by atoms with Crippen LogP contribution in [0.4, 0.5) is 21.9 Å². The lowest BCUT2D eigenvalue weighted by atomic mass is 10.2. The minimum Gasteiger partial charge on any atom is -0.308 e. The van der Waals surface area contributed by atoms with Crippen molar-refractivity contribution in [3.8, 4) is 0 Å². The van der Waals surface area contributed by atoms with E-state index >= 15 is 0 Å². The summed E-state index contributed by atoms with van der Waals surface area (Å²) in [4.78, 5) is 24.2. The molecule has 0 spiro atoms. The standard InChI is InChI=1S/C16H18N4O3/c1-19(2)11-12-6-8-13(9-7-12)17-16(21)18-14-4-3-5-15(10-14)20(22)23/h3-10H,11H2,1-2H3,(H2,17,18,21). The van der Waals surface area contributed by atoms with E-state index in [4.69, 9.17) is 0 Å². The van der Waals surface area contributed by atoms with Crippen molar-refractivity contribution in [2.75, 3.05) is 24.7 Å². The van der Waals surface area contributed by atoms with Crippen LogP contribution in [0, 0.1) is 10.1 Å². The van der Waals surface area contributed by atoms with Gasteiger partial charge < -0.3 is 15.5 Å². The molecule has 0 saturated heterocycles. The molecular formula is C16H18N4O3. The number of nitro groups is 1. The van der Waals surface area contributed by atoms with E-state index in [1.165, 1.54) is 18.2 Å². The fraction of sp³-hybridized carbons (Fsp3) is 0.188. The second-order valence-corrected chi connectivity index (χ2v) is 5.32. The average molecular weight is 314 g/mol. The third-order valence-electron chi connectivity index (χ3n) is 3.03. The number of anilines is 2. The molecule has 2 N–H and O–H groups in total. The zero-order chi connectivity index (χ0) is 16.8. The predicted octanol–water partition coefficient (Wildman–Crippen LogP) is 3.30. The van der Waals surface area contributed by atoms with Gasteiger partial charge in [0.2, 0.25) is 0 Å². The highest BCUT2D eigenvalue weighted by molar-refractivity contribution is 5.99. The number of non-ortho nitro benzene ring substituents is 1. The Balaban J connectivity index is 1.96. The lowest BCUT2D eigenvalue weighted by Crippen LogP contribution is -2.19. The van der Waals surface area contributed by atoms with Crippen LogP contribution in [0.15, 0.2) is 48.5 Å². The Labute approximate surface area is 134 Å². The Kier molecular flexibility index (Phi) is 5.27. The number of carbonyl (C=O) groups excluding carboxylic acids is 1. The van der Waals surface area contributed by atoms with Crippen LogP contribution in [0.2, 0.25) is 0 Å². The smallest absolute Gasteiger partial charge is 0.308 e. The SMILES string of the molecule is CN(C)Cc1ccc(NC(=O)Nc2cccc([N+](=O)[O-])c2)cc1. The molecule has 0 aliphatic rings. The molecule has 7 heteroatoms. The highest BCUT2D eigenvalue weighted by Crippen LogP contribution is 2.17. The zero-order valence-electron chi connectivity index (χ0n) is 12.9. The van der Waals surface area contributed by atoms with Gasteiger partial charge in [0.1, 0.15) is 0 Å². The molecule has 0 radical (unpaired) electrons. The minimum atomic E-state index is -0.507. The van der Waals surface area contributed by atoms with Crippen molar-refractivity contribution in [2.24, 2.45) is 0 Å². The maximum Gasteiger partial charge on any atom is 0.323 e. The number of nitrogens with one attached hydrogen (secondary N) is 2. The van der Waals surface area contributed by atoms with Crippen molar-refractivity contribution in [2.45, 2.75) is 6.54 Å². The van der Waals surface area contributed by atoms with Gasteiger partial charge in [-0.05, 0) is 37.9 Å². The first-order valence-corrected chi connectivity index (χ1v) is 7.00.